The highest BCUT2D eigenvalue weighted by Gasteiger charge is 2.12. The van der Waals surface area contributed by atoms with Crippen LogP contribution >= 0.6 is 0 Å². The average molecular weight is 408 g/mol. The number of anilines is 1. The fourth-order valence-electron chi connectivity index (χ4n) is 3.00. The van der Waals surface area contributed by atoms with Gasteiger partial charge in [0.2, 0.25) is 11.7 Å². The Hall–Kier alpha value is -3.81. The van der Waals surface area contributed by atoms with Crippen molar-refractivity contribution < 1.29 is 19.0 Å². The zero-order valence-electron chi connectivity index (χ0n) is 17.4. The van der Waals surface area contributed by atoms with E-state index in [1.807, 2.05) is 35.8 Å². The minimum absolute atomic E-state index is 0.266. The lowest BCUT2D eigenvalue weighted by molar-refractivity contribution is -0.111. The zero-order chi connectivity index (χ0) is 21.5. The summed E-state index contributed by atoms with van der Waals surface area (Å²) < 4.78 is 17.9. The predicted octanol–water partition coefficient (Wildman–Crippen LogP) is 3.64. The number of nitrogens with zero attached hydrogens (tertiary/aromatic N) is 3. The van der Waals surface area contributed by atoms with Crippen molar-refractivity contribution in [1.82, 2.24) is 14.8 Å². The molecule has 0 radical (unpaired) electrons. The molecule has 0 aliphatic heterocycles. The molecule has 1 aromatic heterocycles. The van der Waals surface area contributed by atoms with Crippen LogP contribution in [0.2, 0.25) is 0 Å². The molecule has 30 heavy (non-hydrogen) atoms. The highest BCUT2D eigenvalue weighted by atomic mass is 16.5. The number of amides is 1. The van der Waals surface area contributed by atoms with E-state index in [4.69, 9.17) is 14.2 Å². The Balaban J connectivity index is 1.76. The Morgan fingerprint density at radius 3 is 2.47 bits per heavy atom. The van der Waals surface area contributed by atoms with Gasteiger partial charge in [-0.3, -0.25) is 4.79 Å². The summed E-state index contributed by atoms with van der Waals surface area (Å²) in [6.07, 6.45) is 4.81. The van der Waals surface area contributed by atoms with Crippen molar-refractivity contribution in [2.75, 3.05) is 26.6 Å². The fraction of sp³-hybridized carbons (Fsp3) is 0.227. The van der Waals surface area contributed by atoms with E-state index in [9.17, 15) is 4.79 Å². The summed E-state index contributed by atoms with van der Waals surface area (Å²) in [5.41, 5.74) is 2.28. The summed E-state index contributed by atoms with van der Waals surface area (Å²) >= 11 is 0. The van der Waals surface area contributed by atoms with E-state index in [2.05, 4.69) is 15.5 Å². The minimum atomic E-state index is -0.266. The maximum Gasteiger partial charge on any atom is 0.248 e. The molecule has 0 fully saturated rings. The zero-order valence-corrected chi connectivity index (χ0v) is 17.4. The Kier molecular flexibility index (Phi) is 6.69. The van der Waals surface area contributed by atoms with Crippen molar-refractivity contribution in [1.29, 1.82) is 0 Å². The number of carbonyl (C=O) groups is 1. The molecule has 0 aliphatic carbocycles. The van der Waals surface area contributed by atoms with Crippen LogP contribution in [0.3, 0.4) is 0 Å². The molecular weight excluding hydrogens is 384 g/mol. The first-order chi connectivity index (χ1) is 14.6. The van der Waals surface area contributed by atoms with Crippen LogP contribution in [0.4, 0.5) is 5.69 Å². The molecule has 3 aromatic rings. The Morgan fingerprint density at radius 2 is 1.83 bits per heavy atom. The molecule has 0 aliphatic rings. The molecule has 0 unspecified atom stereocenters. The van der Waals surface area contributed by atoms with Gasteiger partial charge in [-0.2, -0.15) is 0 Å². The molecule has 1 heterocycles. The third-order valence-corrected chi connectivity index (χ3v) is 4.46. The number of aromatic nitrogens is 3. The molecule has 156 valence electrons. The molecular formula is C22H24N4O4. The van der Waals surface area contributed by atoms with Crippen LogP contribution < -0.4 is 19.5 Å². The number of aryl methyl sites for hydroxylation is 1. The topological polar surface area (TPSA) is 87.5 Å². The van der Waals surface area contributed by atoms with E-state index >= 15 is 0 Å². The second kappa shape index (κ2) is 9.60. The van der Waals surface area contributed by atoms with Crippen molar-refractivity contribution in [2.24, 2.45) is 0 Å². The second-order valence-corrected chi connectivity index (χ2v) is 6.30. The SMILES string of the molecule is CCn1cnnc1-c1cccc(NC(=O)/C=C/c2cc(OC)c(OC)c(OC)c2)c1. The van der Waals surface area contributed by atoms with E-state index in [0.717, 1.165) is 23.5 Å². The van der Waals surface area contributed by atoms with Gasteiger partial charge in [0.15, 0.2) is 17.3 Å². The molecule has 0 bridgehead atoms. The standard InChI is InChI=1S/C22H24N4O4/c1-5-26-14-23-25-22(26)16-7-6-8-17(13-16)24-20(27)10-9-15-11-18(28-2)21(30-4)19(12-15)29-3/h6-14H,5H2,1-4H3,(H,24,27)/b10-9+. The van der Waals surface area contributed by atoms with Crippen molar-refractivity contribution in [3.8, 4) is 28.6 Å². The number of nitrogens with one attached hydrogen (secondary N) is 1. The lowest BCUT2D eigenvalue weighted by atomic mass is 10.1. The fourth-order valence-corrected chi connectivity index (χ4v) is 3.00. The predicted molar refractivity (Wildman–Crippen MR) is 115 cm³/mol. The van der Waals surface area contributed by atoms with Crippen LogP contribution in [0.25, 0.3) is 17.5 Å². The third-order valence-electron chi connectivity index (χ3n) is 4.46. The molecule has 3 rings (SSSR count). The van der Waals surface area contributed by atoms with Gasteiger partial charge in [-0.15, -0.1) is 10.2 Å². The van der Waals surface area contributed by atoms with Gasteiger partial charge >= 0.3 is 0 Å². The highest BCUT2D eigenvalue weighted by Crippen LogP contribution is 2.38. The number of ether oxygens (including phenoxy) is 3. The second-order valence-electron chi connectivity index (χ2n) is 6.30. The van der Waals surface area contributed by atoms with E-state index in [1.165, 1.54) is 6.08 Å². The first kappa shape index (κ1) is 20.9. The lowest BCUT2D eigenvalue weighted by Crippen LogP contribution is -2.08. The van der Waals surface area contributed by atoms with Gasteiger partial charge < -0.3 is 24.1 Å². The largest absolute Gasteiger partial charge is 0.493 e. The molecule has 0 atom stereocenters. The maximum atomic E-state index is 12.4. The van der Waals surface area contributed by atoms with Crippen LogP contribution in [-0.4, -0.2) is 42.0 Å². The van der Waals surface area contributed by atoms with Gasteiger partial charge in [0, 0.05) is 23.9 Å². The van der Waals surface area contributed by atoms with Crippen LogP contribution in [0.15, 0.2) is 48.8 Å². The average Bonchev–Trinajstić information content (AvgIpc) is 3.26. The summed E-state index contributed by atoms with van der Waals surface area (Å²) in [6.45, 7) is 2.78. The minimum Gasteiger partial charge on any atom is -0.493 e. The summed E-state index contributed by atoms with van der Waals surface area (Å²) in [4.78, 5) is 12.4. The van der Waals surface area contributed by atoms with Crippen LogP contribution in [0, 0.1) is 0 Å². The molecule has 0 saturated carbocycles. The van der Waals surface area contributed by atoms with Gasteiger partial charge in [0.05, 0.1) is 21.3 Å². The highest BCUT2D eigenvalue weighted by molar-refractivity contribution is 6.02. The molecule has 8 nitrogen and oxygen atoms in total. The van der Waals surface area contributed by atoms with E-state index in [-0.39, 0.29) is 5.91 Å². The van der Waals surface area contributed by atoms with Crippen LogP contribution in [0.1, 0.15) is 12.5 Å². The summed E-state index contributed by atoms with van der Waals surface area (Å²) in [6, 6.07) is 11.0. The maximum absolute atomic E-state index is 12.4. The number of hydrogen-bond acceptors (Lipinski definition) is 6. The van der Waals surface area contributed by atoms with Crippen LogP contribution in [-0.2, 0) is 11.3 Å². The number of benzene rings is 2. The third kappa shape index (κ3) is 4.60. The first-order valence-electron chi connectivity index (χ1n) is 9.36. The van der Waals surface area contributed by atoms with E-state index in [0.29, 0.717) is 22.9 Å². The molecule has 8 heteroatoms. The Morgan fingerprint density at radius 1 is 1.10 bits per heavy atom. The smallest absolute Gasteiger partial charge is 0.248 e. The molecule has 1 N–H and O–H groups in total. The number of hydrogen-bond donors (Lipinski definition) is 1. The lowest BCUT2D eigenvalue weighted by Gasteiger charge is -2.12. The quantitative estimate of drug-likeness (QED) is 0.573. The van der Waals surface area contributed by atoms with Gasteiger partial charge in [-0.25, -0.2) is 0 Å². The summed E-state index contributed by atoms with van der Waals surface area (Å²) in [7, 11) is 4.63. The van der Waals surface area contributed by atoms with Crippen molar-refractivity contribution in [2.45, 2.75) is 13.5 Å². The molecule has 0 saturated heterocycles. The molecule has 0 spiro atoms. The number of carbonyl (C=O) groups excluding carboxylic acids is 1. The van der Waals surface area contributed by atoms with E-state index in [1.54, 1.807) is 45.9 Å². The molecule has 2 aromatic carbocycles. The van der Waals surface area contributed by atoms with Gasteiger partial charge in [0.1, 0.15) is 6.33 Å². The van der Waals surface area contributed by atoms with Crippen molar-refractivity contribution >= 4 is 17.7 Å². The summed E-state index contributed by atoms with van der Waals surface area (Å²) in [5.74, 6) is 2.02. The van der Waals surface area contributed by atoms with E-state index < -0.39 is 0 Å². The Labute approximate surface area is 175 Å². The monoisotopic (exact) mass is 408 g/mol. The van der Waals surface area contributed by atoms with Gasteiger partial charge in [-0.05, 0) is 42.8 Å². The van der Waals surface area contributed by atoms with Crippen molar-refractivity contribution in [3.05, 3.63) is 54.4 Å². The van der Waals surface area contributed by atoms with Crippen LogP contribution in [0.5, 0.6) is 17.2 Å². The number of methoxy groups -OCH3 is 3. The number of rotatable bonds is 8. The first-order valence-corrected chi connectivity index (χ1v) is 9.36. The normalized spacial score (nSPS) is 10.8. The summed E-state index contributed by atoms with van der Waals surface area (Å²) in [5, 5.41) is 11.0. The Bertz CT molecular complexity index is 1030. The molecule has 1 amide bonds. The van der Waals surface area contributed by atoms with Gasteiger partial charge in [0.25, 0.3) is 0 Å². The van der Waals surface area contributed by atoms with Crippen molar-refractivity contribution in [3.63, 3.8) is 0 Å². The van der Waals surface area contributed by atoms with Gasteiger partial charge in [-0.1, -0.05) is 12.1 Å².